The predicted molar refractivity (Wildman–Crippen MR) is 82.7 cm³/mol. The molecule has 0 spiro atoms. The van der Waals surface area contributed by atoms with Gasteiger partial charge in [-0.15, -0.1) is 0 Å². The smallest absolute Gasteiger partial charge is 0.307 e. The normalized spacial score (nSPS) is 10.1. The highest BCUT2D eigenvalue weighted by Crippen LogP contribution is 2.14. The van der Waals surface area contributed by atoms with Crippen LogP contribution in [0, 0.1) is 22.7 Å². The van der Waals surface area contributed by atoms with Gasteiger partial charge in [-0.1, -0.05) is 12.1 Å². The standard InChI is InChI=1S/C16H16N4O3/c1-2-23-15(21)7-8-19-11-13(10-18)16(22)20-14-6-4-3-5-12(14)9-17/h3-6,11,19H,2,7-8H2,1H3,(H,20,22)/b13-11-. The van der Waals surface area contributed by atoms with Gasteiger partial charge in [-0.25, -0.2) is 0 Å². The summed E-state index contributed by atoms with van der Waals surface area (Å²) in [6.07, 6.45) is 1.35. The number of amides is 1. The number of carbonyl (C=O) groups excluding carboxylic acids is 2. The van der Waals surface area contributed by atoms with E-state index in [0.717, 1.165) is 0 Å². The molecule has 118 valence electrons. The minimum Gasteiger partial charge on any atom is -0.466 e. The highest BCUT2D eigenvalue weighted by atomic mass is 16.5. The minimum absolute atomic E-state index is 0.127. The van der Waals surface area contributed by atoms with Crippen LogP contribution in [0.4, 0.5) is 5.69 Å². The van der Waals surface area contributed by atoms with Crippen LogP contribution in [0.3, 0.4) is 0 Å². The fourth-order valence-electron chi connectivity index (χ4n) is 1.61. The Bertz CT molecular complexity index is 683. The van der Waals surface area contributed by atoms with E-state index in [1.54, 1.807) is 37.3 Å². The highest BCUT2D eigenvalue weighted by molar-refractivity contribution is 6.07. The van der Waals surface area contributed by atoms with E-state index in [0.29, 0.717) is 17.9 Å². The van der Waals surface area contributed by atoms with E-state index in [2.05, 4.69) is 10.6 Å². The Morgan fingerprint density at radius 2 is 2.04 bits per heavy atom. The summed E-state index contributed by atoms with van der Waals surface area (Å²) in [4.78, 5) is 23.1. The zero-order valence-electron chi connectivity index (χ0n) is 12.6. The van der Waals surface area contributed by atoms with Crippen molar-refractivity contribution in [1.82, 2.24) is 5.32 Å². The van der Waals surface area contributed by atoms with Gasteiger partial charge in [-0.3, -0.25) is 9.59 Å². The molecule has 7 nitrogen and oxygen atoms in total. The lowest BCUT2D eigenvalue weighted by atomic mass is 10.2. The Morgan fingerprint density at radius 3 is 2.70 bits per heavy atom. The van der Waals surface area contributed by atoms with Gasteiger partial charge >= 0.3 is 5.97 Å². The first-order valence-corrected chi connectivity index (χ1v) is 6.92. The molecule has 0 heterocycles. The van der Waals surface area contributed by atoms with E-state index in [4.69, 9.17) is 15.3 Å². The average Bonchev–Trinajstić information content (AvgIpc) is 2.55. The molecule has 0 aliphatic carbocycles. The van der Waals surface area contributed by atoms with Gasteiger partial charge in [0.25, 0.3) is 5.91 Å². The van der Waals surface area contributed by atoms with Crippen molar-refractivity contribution in [3.8, 4) is 12.1 Å². The van der Waals surface area contributed by atoms with Gasteiger partial charge in [0.2, 0.25) is 0 Å². The van der Waals surface area contributed by atoms with Crippen LogP contribution in [0.5, 0.6) is 0 Å². The number of para-hydroxylation sites is 1. The van der Waals surface area contributed by atoms with Gasteiger partial charge in [0, 0.05) is 12.7 Å². The number of hydrogen-bond acceptors (Lipinski definition) is 6. The maximum atomic E-state index is 12.0. The molecule has 0 fully saturated rings. The summed E-state index contributed by atoms with van der Waals surface area (Å²) in [6.45, 7) is 2.26. The third-order valence-corrected chi connectivity index (χ3v) is 2.69. The molecular formula is C16H16N4O3. The van der Waals surface area contributed by atoms with E-state index < -0.39 is 5.91 Å². The van der Waals surface area contributed by atoms with Crippen molar-refractivity contribution < 1.29 is 14.3 Å². The quantitative estimate of drug-likeness (QED) is 0.341. The Morgan fingerprint density at radius 1 is 1.30 bits per heavy atom. The van der Waals surface area contributed by atoms with Gasteiger partial charge in [0.05, 0.1) is 24.3 Å². The molecular weight excluding hydrogens is 296 g/mol. The second-order valence-corrected chi connectivity index (χ2v) is 4.29. The molecule has 1 rings (SSSR count). The molecule has 0 saturated heterocycles. The third-order valence-electron chi connectivity index (χ3n) is 2.69. The zero-order chi connectivity index (χ0) is 17.1. The summed E-state index contributed by atoms with van der Waals surface area (Å²) in [6, 6.07) is 10.2. The van der Waals surface area contributed by atoms with Crippen LogP contribution >= 0.6 is 0 Å². The first kappa shape index (κ1) is 17.7. The first-order valence-electron chi connectivity index (χ1n) is 6.92. The van der Waals surface area contributed by atoms with Gasteiger partial charge in [-0.2, -0.15) is 10.5 Å². The largest absolute Gasteiger partial charge is 0.466 e. The lowest BCUT2D eigenvalue weighted by Gasteiger charge is -2.06. The van der Waals surface area contributed by atoms with Gasteiger partial charge < -0.3 is 15.4 Å². The number of ether oxygens (including phenoxy) is 1. The molecule has 7 heteroatoms. The fraction of sp³-hybridized carbons (Fsp3) is 0.250. The monoisotopic (exact) mass is 312 g/mol. The third kappa shape index (κ3) is 5.90. The van der Waals surface area contributed by atoms with Crippen molar-refractivity contribution in [1.29, 1.82) is 10.5 Å². The Balaban J connectivity index is 2.62. The number of esters is 1. The Kier molecular flexibility index (Phi) is 7.39. The number of benzene rings is 1. The molecule has 2 N–H and O–H groups in total. The van der Waals surface area contributed by atoms with Crippen molar-refractivity contribution in [3.63, 3.8) is 0 Å². The molecule has 0 aliphatic rings. The van der Waals surface area contributed by atoms with E-state index in [9.17, 15) is 9.59 Å². The van der Waals surface area contributed by atoms with E-state index >= 15 is 0 Å². The molecule has 23 heavy (non-hydrogen) atoms. The van der Waals surface area contributed by atoms with Crippen LogP contribution in [-0.2, 0) is 14.3 Å². The lowest BCUT2D eigenvalue weighted by Crippen LogP contribution is -2.19. The summed E-state index contributed by atoms with van der Waals surface area (Å²) in [5, 5.41) is 23.2. The highest BCUT2D eigenvalue weighted by Gasteiger charge is 2.11. The van der Waals surface area contributed by atoms with Crippen LogP contribution in [-0.4, -0.2) is 25.0 Å². The van der Waals surface area contributed by atoms with E-state index in [1.165, 1.54) is 6.20 Å². The number of hydrogen-bond donors (Lipinski definition) is 2. The molecule has 0 radical (unpaired) electrons. The van der Waals surface area contributed by atoms with Gasteiger partial charge in [0.15, 0.2) is 0 Å². The second kappa shape index (κ2) is 9.59. The molecule has 1 amide bonds. The van der Waals surface area contributed by atoms with Gasteiger partial charge in [0.1, 0.15) is 17.7 Å². The summed E-state index contributed by atoms with van der Waals surface area (Å²) in [5.41, 5.74) is 0.461. The molecule has 0 atom stereocenters. The molecule has 0 aromatic heterocycles. The number of rotatable bonds is 7. The number of nitriles is 2. The molecule has 0 bridgehead atoms. The molecule has 0 unspecified atom stereocenters. The SMILES string of the molecule is CCOC(=O)CCN/C=C(/C#N)C(=O)Nc1ccccc1C#N. The Hall–Kier alpha value is -3.32. The van der Waals surface area contributed by atoms with Crippen LogP contribution in [0.15, 0.2) is 36.0 Å². The Labute approximate surface area is 134 Å². The van der Waals surface area contributed by atoms with Crippen LogP contribution in [0.2, 0.25) is 0 Å². The topological polar surface area (TPSA) is 115 Å². The van der Waals surface area contributed by atoms with Crippen molar-refractivity contribution in [3.05, 3.63) is 41.6 Å². The summed E-state index contributed by atoms with van der Waals surface area (Å²) in [7, 11) is 0. The lowest BCUT2D eigenvalue weighted by molar-refractivity contribution is -0.142. The van der Waals surface area contributed by atoms with Crippen molar-refractivity contribution in [2.45, 2.75) is 13.3 Å². The second-order valence-electron chi connectivity index (χ2n) is 4.29. The maximum absolute atomic E-state index is 12.0. The van der Waals surface area contributed by atoms with Crippen LogP contribution in [0.25, 0.3) is 0 Å². The molecule has 1 aromatic carbocycles. The van der Waals surface area contributed by atoms with Crippen molar-refractivity contribution in [2.24, 2.45) is 0 Å². The van der Waals surface area contributed by atoms with E-state index in [-0.39, 0.29) is 24.5 Å². The number of anilines is 1. The number of nitrogens with one attached hydrogen (secondary N) is 2. The van der Waals surface area contributed by atoms with Crippen LogP contribution in [0.1, 0.15) is 18.9 Å². The van der Waals surface area contributed by atoms with Crippen molar-refractivity contribution in [2.75, 3.05) is 18.5 Å². The first-order chi connectivity index (χ1) is 11.1. The predicted octanol–water partition coefficient (Wildman–Crippen LogP) is 1.45. The number of carbonyl (C=O) groups is 2. The summed E-state index contributed by atoms with van der Waals surface area (Å²) < 4.78 is 4.75. The maximum Gasteiger partial charge on any atom is 0.307 e. The van der Waals surface area contributed by atoms with Crippen LogP contribution < -0.4 is 10.6 Å². The molecule has 0 saturated carbocycles. The molecule has 0 aliphatic heterocycles. The van der Waals surface area contributed by atoms with Gasteiger partial charge in [-0.05, 0) is 19.1 Å². The summed E-state index contributed by atoms with van der Waals surface area (Å²) >= 11 is 0. The van der Waals surface area contributed by atoms with E-state index in [1.807, 2.05) is 6.07 Å². The molecule has 1 aromatic rings. The average molecular weight is 312 g/mol. The minimum atomic E-state index is -0.640. The zero-order valence-corrected chi connectivity index (χ0v) is 12.6. The number of nitrogens with zero attached hydrogens (tertiary/aromatic N) is 2. The fourth-order valence-corrected chi connectivity index (χ4v) is 1.61. The van der Waals surface area contributed by atoms with Crippen molar-refractivity contribution >= 4 is 17.6 Å². The summed E-state index contributed by atoms with van der Waals surface area (Å²) in [5.74, 6) is -1.00.